The topological polar surface area (TPSA) is 31.2 Å². The van der Waals surface area contributed by atoms with Crippen molar-refractivity contribution in [3.8, 4) is 11.3 Å². The first-order valence-corrected chi connectivity index (χ1v) is 7.50. The predicted molar refractivity (Wildman–Crippen MR) is 87.2 cm³/mol. The summed E-state index contributed by atoms with van der Waals surface area (Å²) in [5.74, 6) is -0.270. The van der Waals surface area contributed by atoms with Crippen LogP contribution >= 0.6 is 0 Å². The number of hydrogen-bond acceptors (Lipinski definition) is 2. The summed E-state index contributed by atoms with van der Waals surface area (Å²) >= 11 is 0. The molecule has 0 bridgehead atoms. The zero-order valence-electron chi connectivity index (χ0n) is 12.7. The minimum absolute atomic E-state index is 0.270. The lowest BCUT2D eigenvalue weighted by molar-refractivity contribution is 0.0600. The van der Waals surface area contributed by atoms with Gasteiger partial charge in [-0.05, 0) is 42.7 Å². The molecule has 1 aliphatic heterocycles. The van der Waals surface area contributed by atoms with E-state index in [-0.39, 0.29) is 5.97 Å². The number of aryl methyl sites for hydroxylation is 2. The molecule has 4 rings (SSSR count). The molecule has 0 amide bonds. The minimum atomic E-state index is -0.270. The van der Waals surface area contributed by atoms with Gasteiger partial charge in [-0.2, -0.15) is 0 Å². The van der Waals surface area contributed by atoms with Crippen LogP contribution in [0.3, 0.4) is 0 Å². The normalized spacial score (nSPS) is 12.8. The van der Waals surface area contributed by atoms with Crippen molar-refractivity contribution in [1.82, 2.24) is 4.57 Å². The molecule has 3 aromatic rings. The number of methoxy groups -OCH3 is 1. The molecule has 0 spiro atoms. The van der Waals surface area contributed by atoms with E-state index in [1.54, 1.807) is 0 Å². The number of fused-ring (bicyclic) bond motifs is 5. The molecule has 3 nitrogen and oxygen atoms in total. The second kappa shape index (κ2) is 4.73. The standard InChI is InChI=1S/C19H17NO2/c1-12-15(19(21)22-2)8-7-13-9-10-20-16-6-4-3-5-14(16)11-17(20)18(12)13/h3-8,11H,9-10H2,1-2H3. The largest absolute Gasteiger partial charge is 0.465 e. The van der Waals surface area contributed by atoms with Gasteiger partial charge >= 0.3 is 5.97 Å². The molecular formula is C19H17NO2. The monoisotopic (exact) mass is 291 g/mol. The highest BCUT2D eigenvalue weighted by Gasteiger charge is 2.23. The third-order valence-corrected chi connectivity index (χ3v) is 4.63. The van der Waals surface area contributed by atoms with Crippen LogP contribution in [0.1, 0.15) is 21.5 Å². The number of carbonyl (C=O) groups is 1. The molecule has 2 heterocycles. The lowest BCUT2D eigenvalue weighted by Gasteiger charge is -2.23. The van der Waals surface area contributed by atoms with Gasteiger partial charge in [0.05, 0.1) is 12.7 Å². The van der Waals surface area contributed by atoms with Crippen LogP contribution in [0.5, 0.6) is 0 Å². The van der Waals surface area contributed by atoms with Crippen molar-refractivity contribution in [2.24, 2.45) is 0 Å². The second-order valence-electron chi connectivity index (χ2n) is 5.75. The number of rotatable bonds is 1. The van der Waals surface area contributed by atoms with E-state index in [1.807, 2.05) is 13.0 Å². The van der Waals surface area contributed by atoms with Crippen molar-refractivity contribution in [1.29, 1.82) is 0 Å². The van der Waals surface area contributed by atoms with E-state index in [0.717, 1.165) is 18.5 Å². The highest BCUT2D eigenvalue weighted by atomic mass is 16.5. The molecule has 0 radical (unpaired) electrons. The van der Waals surface area contributed by atoms with E-state index < -0.39 is 0 Å². The van der Waals surface area contributed by atoms with Crippen molar-refractivity contribution in [2.75, 3.05) is 7.11 Å². The number of benzene rings is 2. The predicted octanol–water partition coefficient (Wildman–Crippen LogP) is 3.96. The molecule has 0 saturated carbocycles. The van der Waals surface area contributed by atoms with E-state index in [9.17, 15) is 4.79 Å². The molecule has 0 N–H and O–H groups in total. The van der Waals surface area contributed by atoms with Crippen LogP contribution in [0.2, 0.25) is 0 Å². The lowest BCUT2D eigenvalue weighted by Crippen LogP contribution is -2.14. The fraction of sp³-hybridized carbons (Fsp3) is 0.211. The van der Waals surface area contributed by atoms with Crippen LogP contribution < -0.4 is 0 Å². The molecule has 0 atom stereocenters. The summed E-state index contributed by atoms with van der Waals surface area (Å²) in [5, 5.41) is 1.24. The fourth-order valence-electron chi connectivity index (χ4n) is 3.55. The van der Waals surface area contributed by atoms with Gasteiger partial charge < -0.3 is 9.30 Å². The summed E-state index contributed by atoms with van der Waals surface area (Å²) in [4.78, 5) is 12.0. The van der Waals surface area contributed by atoms with Gasteiger partial charge in [-0.25, -0.2) is 4.79 Å². The lowest BCUT2D eigenvalue weighted by atomic mass is 9.91. The van der Waals surface area contributed by atoms with Crippen LogP contribution in [-0.2, 0) is 17.7 Å². The SMILES string of the molecule is COC(=O)c1ccc2c(c1C)-c1cc3ccccc3n1CC2. The van der Waals surface area contributed by atoms with E-state index >= 15 is 0 Å². The summed E-state index contributed by atoms with van der Waals surface area (Å²) in [6, 6.07) is 14.6. The van der Waals surface area contributed by atoms with Crippen molar-refractivity contribution in [3.63, 3.8) is 0 Å². The maximum atomic E-state index is 12.0. The zero-order chi connectivity index (χ0) is 15.3. The van der Waals surface area contributed by atoms with Crippen LogP contribution in [0.4, 0.5) is 0 Å². The highest BCUT2D eigenvalue weighted by molar-refractivity contribution is 5.96. The van der Waals surface area contributed by atoms with Gasteiger partial charge in [0.2, 0.25) is 0 Å². The summed E-state index contributed by atoms with van der Waals surface area (Å²) in [5.41, 5.74) is 6.61. The average Bonchev–Trinajstić information content (AvgIpc) is 2.93. The van der Waals surface area contributed by atoms with Crippen LogP contribution in [0.25, 0.3) is 22.2 Å². The summed E-state index contributed by atoms with van der Waals surface area (Å²) in [6.45, 7) is 2.99. The number of aromatic nitrogens is 1. The molecule has 3 heteroatoms. The van der Waals surface area contributed by atoms with Gasteiger partial charge in [0.1, 0.15) is 0 Å². The first-order chi connectivity index (χ1) is 10.7. The van der Waals surface area contributed by atoms with Crippen LogP contribution in [0.15, 0.2) is 42.5 Å². The summed E-state index contributed by atoms with van der Waals surface area (Å²) in [6.07, 6.45) is 0.989. The number of para-hydroxylation sites is 1. The molecule has 1 aliphatic rings. The van der Waals surface area contributed by atoms with Gasteiger partial charge in [0, 0.05) is 28.7 Å². The number of esters is 1. The third-order valence-electron chi connectivity index (χ3n) is 4.63. The molecule has 0 saturated heterocycles. The van der Waals surface area contributed by atoms with E-state index in [4.69, 9.17) is 4.74 Å². The van der Waals surface area contributed by atoms with Crippen LogP contribution in [0, 0.1) is 6.92 Å². The molecular weight excluding hydrogens is 274 g/mol. The molecule has 0 aliphatic carbocycles. The second-order valence-corrected chi connectivity index (χ2v) is 5.75. The quantitative estimate of drug-likeness (QED) is 0.635. The maximum Gasteiger partial charge on any atom is 0.338 e. The van der Waals surface area contributed by atoms with Crippen LogP contribution in [-0.4, -0.2) is 17.6 Å². The van der Waals surface area contributed by atoms with Crippen molar-refractivity contribution < 1.29 is 9.53 Å². The average molecular weight is 291 g/mol. The van der Waals surface area contributed by atoms with E-state index in [2.05, 4.69) is 41.0 Å². The van der Waals surface area contributed by atoms with E-state index in [0.29, 0.717) is 5.56 Å². The van der Waals surface area contributed by atoms with Gasteiger partial charge in [-0.3, -0.25) is 0 Å². The van der Waals surface area contributed by atoms with Gasteiger partial charge in [-0.1, -0.05) is 24.3 Å². The summed E-state index contributed by atoms with van der Waals surface area (Å²) < 4.78 is 7.26. The Morgan fingerprint density at radius 3 is 2.82 bits per heavy atom. The Kier molecular flexibility index (Phi) is 2.83. The Morgan fingerprint density at radius 1 is 1.18 bits per heavy atom. The van der Waals surface area contributed by atoms with Crippen molar-refractivity contribution in [3.05, 3.63) is 59.2 Å². The Labute approximate surface area is 129 Å². The molecule has 1 aromatic heterocycles. The van der Waals surface area contributed by atoms with Gasteiger partial charge in [0.15, 0.2) is 0 Å². The van der Waals surface area contributed by atoms with Crippen molar-refractivity contribution >= 4 is 16.9 Å². The minimum Gasteiger partial charge on any atom is -0.465 e. The number of hydrogen-bond donors (Lipinski definition) is 0. The number of carbonyl (C=O) groups excluding carboxylic acids is 1. The smallest absolute Gasteiger partial charge is 0.338 e. The first kappa shape index (κ1) is 13.1. The number of nitrogens with zero attached hydrogens (tertiary/aromatic N) is 1. The van der Waals surface area contributed by atoms with Gasteiger partial charge in [0.25, 0.3) is 0 Å². The fourth-order valence-corrected chi connectivity index (χ4v) is 3.55. The Bertz CT molecular complexity index is 905. The summed E-state index contributed by atoms with van der Waals surface area (Å²) in [7, 11) is 1.43. The Balaban J connectivity index is 2.02. The van der Waals surface area contributed by atoms with Gasteiger partial charge in [-0.15, -0.1) is 0 Å². The zero-order valence-corrected chi connectivity index (χ0v) is 12.7. The van der Waals surface area contributed by atoms with E-state index in [1.165, 1.54) is 34.8 Å². The Morgan fingerprint density at radius 2 is 2.00 bits per heavy atom. The molecule has 2 aromatic carbocycles. The Hall–Kier alpha value is -2.55. The van der Waals surface area contributed by atoms with Crippen molar-refractivity contribution in [2.45, 2.75) is 19.9 Å². The molecule has 0 fully saturated rings. The first-order valence-electron chi connectivity index (χ1n) is 7.50. The molecule has 110 valence electrons. The maximum absolute atomic E-state index is 12.0. The number of ether oxygens (including phenoxy) is 1. The third kappa shape index (κ3) is 1.72. The highest BCUT2D eigenvalue weighted by Crippen LogP contribution is 2.38. The molecule has 0 unspecified atom stereocenters. The molecule has 22 heavy (non-hydrogen) atoms.